The second-order valence-electron chi connectivity index (χ2n) is 9.82. The molecule has 0 bridgehead atoms. The molecule has 1 unspecified atom stereocenters. The number of nitrogens with zero attached hydrogens (tertiary/aromatic N) is 3. The molecule has 5 rings (SSSR count). The Labute approximate surface area is 207 Å². The molecule has 5 heteroatoms. The normalized spacial score (nSPS) is 15.9. The van der Waals surface area contributed by atoms with E-state index in [0.29, 0.717) is 38.6 Å². The highest BCUT2D eigenvalue weighted by Gasteiger charge is 2.34. The SMILES string of the molecule is Cc1ccc(C(C)C)c(OCCn2c(C3CC(=O)N(Cc4ccccc4)C3)nc3ccccc32)c1. The summed E-state index contributed by atoms with van der Waals surface area (Å²) in [5, 5.41) is 0. The van der Waals surface area contributed by atoms with Gasteiger partial charge in [0.1, 0.15) is 18.2 Å². The quantitative estimate of drug-likeness (QED) is 0.316. The van der Waals surface area contributed by atoms with Gasteiger partial charge in [0.25, 0.3) is 0 Å². The number of ether oxygens (including phenoxy) is 1. The van der Waals surface area contributed by atoms with Crippen LogP contribution in [-0.2, 0) is 17.9 Å². The largest absolute Gasteiger partial charge is 0.491 e. The van der Waals surface area contributed by atoms with Crippen molar-refractivity contribution in [2.45, 2.75) is 52.1 Å². The van der Waals surface area contributed by atoms with E-state index in [-0.39, 0.29) is 11.8 Å². The summed E-state index contributed by atoms with van der Waals surface area (Å²) in [5.74, 6) is 2.59. The minimum absolute atomic E-state index is 0.0730. The van der Waals surface area contributed by atoms with Crippen LogP contribution in [0.25, 0.3) is 11.0 Å². The smallest absolute Gasteiger partial charge is 0.223 e. The first-order chi connectivity index (χ1) is 17.0. The van der Waals surface area contributed by atoms with E-state index in [4.69, 9.17) is 9.72 Å². The van der Waals surface area contributed by atoms with Gasteiger partial charge in [0, 0.05) is 25.4 Å². The lowest BCUT2D eigenvalue weighted by Crippen LogP contribution is -2.24. The van der Waals surface area contributed by atoms with Crippen LogP contribution in [0.1, 0.15) is 54.6 Å². The number of imidazole rings is 1. The number of benzene rings is 3. The van der Waals surface area contributed by atoms with Gasteiger partial charge in [0.05, 0.1) is 17.6 Å². The van der Waals surface area contributed by atoms with Crippen LogP contribution in [0.2, 0.25) is 0 Å². The molecule has 0 N–H and O–H groups in total. The van der Waals surface area contributed by atoms with Gasteiger partial charge >= 0.3 is 0 Å². The van der Waals surface area contributed by atoms with Crippen LogP contribution in [0.15, 0.2) is 72.8 Å². The first kappa shape index (κ1) is 23.2. The van der Waals surface area contributed by atoms with Crippen molar-refractivity contribution in [3.05, 3.63) is 95.3 Å². The molecule has 35 heavy (non-hydrogen) atoms. The number of para-hydroxylation sites is 2. The van der Waals surface area contributed by atoms with Crippen LogP contribution < -0.4 is 4.74 Å². The number of carbonyl (C=O) groups is 1. The molecule has 3 aromatic carbocycles. The Morgan fingerprint density at radius 1 is 1.03 bits per heavy atom. The number of aryl methyl sites for hydroxylation is 1. The summed E-state index contributed by atoms with van der Waals surface area (Å²) in [6, 6.07) is 24.8. The van der Waals surface area contributed by atoms with Crippen LogP contribution >= 0.6 is 0 Å². The van der Waals surface area contributed by atoms with Crippen LogP contribution in [0.3, 0.4) is 0 Å². The van der Waals surface area contributed by atoms with Gasteiger partial charge in [0.15, 0.2) is 0 Å². The predicted octanol–water partition coefficient (Wildman–Crippen LogP) is 6.06. The Balaban J connectivity index is 1.37. The molecule has 0 radical (unpaired) electrons. The molecule has 1 aliphatic rings. The molecule has 0 aliphatic carbocycles. The van der Waals surface area contributed by atoms with Crippen LogP contribution in [0.5, 0.6) is 5.75 Å². The van der Waals surface area contributed by atoms with E-state index in [2.05, 4.69) is 61.7 Å². The van der Waals surface area contributed by atoms with Crippen molar-refractivity contribution in [2.24, 2.45) is 0 Å². The van der Waals surface area contributed by atoms with Gasteiger partial charge < -0.3 is 14.2 Å². The van der Waals surface area contributed by atoms with E-state index in [1.807, 2.05) is 41.3 Å². The summed E-state index contributed by atoms with van der Waals surface area (Å²) in [5.41, 5.74) is 5.64. The van der Waals surface area contributed by atoms with E-state index in [9.17, 15) is 4.79 Å². The van der Waals surface area contributed by atoms with Crippen molar-refractivity contribution in [3.63, 3.8) is 0 Å². The van der Waals surface area contributed by atoms with Gasteiger partial charge in [-0.2, -0.15) is 0 Å². The van der Waals surface area contributed by atoms with Crippen molar-refractivity contribution < 1.29 is 9.53 Å². The highest BCUT2D eigenvalue weighted by Crippen LogP contribution is 2.32. The fourth-order valence-corrected chi connectivity index (χ4v) is 5.03. The van der Waals surface area contributed by atoms with Gasteiger partial charge in [-0.15, -0.1) is 0 Å². The standard InChI is InChI=1S/C30H33N3O2/c1-21(2)25-14-13-22(3)17-28(25)35-16-15-33-27-12-8-7-11-26(27)31-30(33)24-18-29(34)32(20-24)19-23-9-5-4-6-10-23/h4-14,17,21,24H,15-16,18-20H2,1-3H3. The monoisotopic (exact) mass is 467 g/mol. The zero-order valence-electron chi connectivity index (χ0n) is 20.8. The highest BCUT2D eigenvalue weighted by molar-refractivity contribution is 5.81. The van der Waals surface area contributed by atoms with Gasteiger partial charge in [-0.3, -0.25) is 4.79 Å². The highest BCUT2D eigenvalue weighted by atomic mass is 16.5. The van der Waals surface area contributed by atoms with Crippen molar-refractivity contribution in [2.75, 3.05) is 13.2 Å². The third-order valence-corrected chi connectivity index (χ3v) is 6.84. The van der Waals surface area contributed by atoms with Gasteiger partial charge in [-0.25, -0.2) is 4.98 Å². The fourth-order valence-electron chi connectivity index (χ4n) is 5.03. The summed E-state index contributed by atoms with van der Waals surface area (Å²) >= 11 is 0. The number of rotatable bonds is 8. The molecule has 1 aliphatic heterocycles. The Morgan fingerprint density at radius 3 is 2.60 bits per heavy atom. The Hall–Kier alpha value is -3.60. The van der Waals surface area contributed by atoms with E-state index in [0.717, 1.165) is 28.2 Å². The Kier molecular flexibility index (Phi) is 6.58. The zero-order chi connectivity index (χ0) is 24.4. The number of amides is 1. The number of carbonyl (C=O) groups excluding carboxylic acids is 1. The average molecular weight is 468 g/mol. The molecule has 1 aromatic heterocycles. The molecular formula is C30H33N3O2. The molecule has 0 spiro atoms. The van der Waals surface area contributed by atoms with Gasteiger partial charge in [-0.05, 0) is 47.7 Å². The summed E-state index contributed by atoms with van der Waals surface area (Å²) in [4.78, 5) is 19.8. The number of fused-ring (bicyclic) bond motifs is 1. The van der Waals surface area contributed by atoms with Crippen LogP contribution in [0, 0.1) is 6.92 Å². The predicted molar refractivity (Wildman–Crippen MR) is 140 cm³/mol. The molecule has 1 atom stereocenters. The minimum atomic E-state index is 0.0730. The third kappa shape index (κ3) is 4.95. The van der Waals surface area contributed by atoms with Gasteiger partial charge in [-0.1, -0.05) is 68.4 Å². The molecule has 1 saturated heterocycles. The first-order valence-electron chi connectivity index (χ1n) is 12.5. The van der Waals surface area contributed by atoms with E-state index >= 15 is 0 Å². The van der Waals surface area contributed by atoms with Crippen LogP contribution in [0.4, 0.5) is 0 Å². The van der Waals surface area contributed by atoms with Crippen LogP contribution in [-0.4, -0.2) is 33.5 Å². The molecule has 1 fully saturated rings. The number of aromatic nitrogens is 2. The van der Waals surface area contributed by atoms with E-state index in [1.54, 1.807) is 0 Å². The number of likely N-dealkylation sites (tertiary alicyclic amines) is 1. The molecule has 4 aromatic rings. The molecular weight excluding hydrogens is 434 g/mol. The van der Waals surface area contributed by atoms with Crippen molar-refractivity contribution >= 4 is 16.9 Å². The maximum atomic E-state index is 12.9. The molecule has 1 amide bonds. The Bertz CT molecular complexity index is 1330. The zero-order valence-corrected chi connectivity index (χ0v) is 20.8. The fraction of sp³-hybridized carbons (Fsp3) is 0.333. The maximum absolute atomic E-state index is 12.9. The van der Waals surface area contributed by atoms with E-state index < -0.39 is 0 Å². The third-order valence-electron chi connectivity index (χ3n) is 6.84. The van der Waals surface area contributed by atoms with Crippen molar-refractivity contribution in [1.82, 2.24) is 14.5 Å². The minimum Gasteiger partial charge on any atom is -0.491 e. The number of hydrogen-bond donors (Lipinski definition) is 0. The average Bonchev–Trinajstić information content (AvgIpc) is 3.40. The lowest BCUT2D eigenvalue weighted by Gasteiger charge is -2.18. The topological polar surface area (TPSA) is 47.4 Å². The lowest BCUT2D eigenvalue weighted by atomic mass is 10.0. The lowest BCUT2D eigenvalue weighted by molar-refractivity contribution is -0.128. The number of hydrogen-bond acceptors (Lipinski definition) is 3. The van der Waals surface area contributed by atoms with Gasteiger partial charge in [0.2, 0.25) is 5.91 Å². The summed E-state index contributed by atoms with van der Waals surface area (Å²) in [6.07, 6.45) is 0.492. The second kappa shape index (κ2) is 9.95. The second-order valence-corrected chi connectivity index (χ2v) is 9.82. The molecule has 180 valence electrons. The maximum Gasteiger partial charge on any atom is 0.223 e. The Morgan fingerprint density at radius 2 is 1.80 bits per heavy atom. The summed E-state index contributed by atoms with van der Waals surface area (Å²) in [7, 11) is 0. The first-order valence-corrected chi connectivity index (χ1v) is 12.5. The molecule has 0 saturated carbocycles. The summed E-state index contributed by atoms with van der Waals surface area (Å²) < 4.78 is 8.57. The summed E-state index contributed by atoms with van der Waals surface area (Å²) in [6.45, 7) is 9.04. The molecule has 5 nitrogen and oxygen atoms in total. The van der Waals surface area contributed by atoms with Crippen molar-refractivity contribution in [3.8, 4) is 5.75 Å². The molecule has 2 heterocycles. The van der Waals surface area contributed by atoms with E-state index in [1.165, 1.54) is 11.1 Å². The van der Waals surface area contributed by atoms with Crippen molar-refractivity contribution in [1.29, 1.82) is 0 Å².